The van der Waals surface area contributed by atoms with Gasteiger partial charge in [0.2, 0.25) is 5.91 Å². The average molecular weight is 792 g/mol. The smallest absolute Gasteiger partial charge is 0.407 e. The predicted molar refractivity (Wildman–Crippen MR) is 223 cm³/mol. The van der Waals surface area contributed by atoms with E-state index in [0.717, 1.165) is 39.8 Å². The molecule has 55 heavy (non-hydrogen) atoms. The number of aliphatic imine (C=N–C) groups is 1. The molecule has 12 nitrogen and oxygen atoms in total. The van der Waals surface area contributed by atoms with Crippen molar-refractivity contribution in [2.75, 3.05) is 52.8 Å². The van der Waals surface area contributed by atoms with Gasteiger partial charge in [-0.2, -0.15) is 0 Å². The van der Waals surface area contributed by atoms with Gasteiger partial charge in [-0.15, -0.1) is 23.1 Å². The normalized spacial score (nSPS) is 15.1. The zero-order valence-electron chi connectivity index (χ0n) is 32.6. The number of morpholine rings is 1. The predicted octanol–water partition coefficient (Wildman–Crippen LogP) is 6.25. The summed E-state index contributed by atoms with van der Waals surface area (Å²) < 4.78 is 11.1. The molecule has 1 fully saturated rings. The molecule has 1 saturated heterocycles. The number of benzene rings is 2. The lowest BCUT2D eigenvalue weighted by Crippen LogP contribution is -2.54. The van der Waals surface area contributed by atoms with Gasteiger partial charge in [0.05, 0.1) is 30.5 Å². The largest absolute Gasteiger partial charge is 0.444 e. The van der Waals surface area contributed by atoms with Crippen molar-refractivity contribution in [3.8, 4) is 0 Å². The number of nitrogens with one attached hydrogen (secondary N) is 3. The van der Waals surface area contributed by atoms with Gasteiger partial charge in [-0.1, -0.05) is 74.5 Å². The van der Waals surface area contributed by atoms with Crippen molar-refractivity contribution < 1.29 is 23.9 Å². The molecule has 3 N–H and O–H groups in total. The lowest BCUT2D eigenvalue weighted by Gasteiger charge is -2.30. The number of carbonyl (C=O) groups is 3. The number of thioether (sulfide) groups is 1. The zero-order chi connectivity index (χ0) is 39.4. The first-order chi connectivity index (χ1) is 26.6. The maximum absolute atomic E-state index is 14.2. The monoisotopic (exact) mass is 791 g/mol. The van der Waals surface area contributed by atoms with Gasteiger partial charge in [-0.25, -0.2) is 14.6 Å². The summed E-state index contributed by atoms with van der Waals surface area (Å²) in [4.78, 5) is 53.9. The second-order valence-corrected chi connectivity index (χ2v) is 15.8. The van der Waals surface area contributed by atoms with Gasteiger partial charge in [0.1, 0.15) is 12.6 Å². The minimum Gasteiger partial charge on any atom is -0.444 e. The van der Waals surface area contributed by atoms with Crippen LogP contribution in [0.15, 0.2) is 82.1 Å². The number of hydrogen-bond acceptors (Lipinski definition) is 10. The van der Waals surface area contributed by atoms with Gasteiger partial charge in [0.15, 0.2) is 0 Å². The highest BCUT2D eigenvalue weighted by Crippen LogP contribution is 2.20. The third-order valence-electron chi connectivity index (χ3n) is 9.29. The van der Waals surface area contributed by atoms with E-state index >= 15 is 0 Å². The number of rotatable bonds is 21. The lowest BCUT2D eigenvalue weighted by molar-refractivity contribution is -0.124. The summed E-state index contributed by atoms with van der Waals surface area (Å²) in [5, 5.41) is 12.4. The standard InChI is InChI=1S/C41H57N7O5S2/c1-30(2)39-44-35(29-55-39)27-47(4)40(50)46-37(18-19-48-20-22-52-23-21-48)38(49)43-33(24-31-12-8-6-9-13-31)16-17-34(25-32-14-10-7-11-15-32)45-41(51)53-28-36(54-5)26-42-3/h6-15,26,29-30,33-34,37H,3,16-25,27-28H2,1-2,4-5H3,(H,43,49)(H,45,51)(H,46,50)/b36-26-. The molecule has 3 aromatic rings. The summed E-state index contributed by atoms with van der Waals surface area (Å²) in [5.41, 5.74) is 2.97. The van der Waals surface area contributed by atoms with E-state index in [4.69, 9.17) is 9.47 Å². The summed E-state index contributed by atoms with van der Waals surface area (Å²) in [6, 6.07) is 18.3. The second kappa shape index (κ2) is 23.6. The third kappa shape index (κ3) is 15.8. The molecule has 1 aliphatic rings. The Morgan fingerprint density at radius 3 is 2.16 bits per heavy atom. The summed E-state index contributed by atoms with van der Waals surface area (Å²) in [7, 11) is 1.72. The van der Waals surface area contributed by atoms with Crippen LogP contribution in [0.1, 0.15) is 60.9 Å². The number of ether oxygens (including phenoxy) is 2. The molecule has 1 aliphatic heterocycles. The molecule has 0 radical (unpaired) electrons. The van der Waals surface area contributed by atoms with E-state index in [2.05, 4.69) is 51.4 Å². The molecule has 1 aromatic heterocycles. The first kappa shape index (κ1) is 43.5. The Balaban J connectivity index is 1.49. The van der Waals surface area contributed by atoms with Crippen molar-refractivity contribution in [1.29, 1.82) is 0 Å². The molecule has 2 aromatic carbocycles. The van der Waals surface area contributed by atoms with Crippen molar-refractivity contribution in [2.45, 2.75) is 76.5 Å². The van der Waals surface area contributed by atoms with Crippen LogP contribution < -0.4 is 16.0 Å². The van der Waals surface area contributed by atoms with Crippen LogP contribution in [-0.4, -0.2) is 110 Å². The fraction of sp³-hybridized carbons (Fsp3) is 0.488. The number of urea groups is 1. The maximum atomic E-state index is 14.2. The molecule has 0 aliphatic carbocycles. The second-order valence-electron chi connectivity index (χ2n) is 14.0. The van der Waals surface area contributed by atoms with Crippen LogP contribution in [0.5, 0.6) is 0 Å². The highest BCUT2D eigenvalue weighted by atomic mass is 32.2. The van der Waals surface area contributed by atoms with Crippen molar-refractivity contribution >= 4 is 47.8 Å². The number of carbonyl (C=O) groups excluding carboxylic acids is 3. The minimum atomic E-state index is -0.769. The van der Waals surface area contributed by atoms with Crippen LogP contribution in [0.2, 0.25) is 0 Å². The lowest BCUT2D eigenvalue weighted by atomic mass is 9.95. The molecular weight excluding hydrogens is 735 g/mol. The average Bonchev–Trinajstić information content (AvgIpc) is 3.67. The summed E-state index contributed by atoms with van der Waals surface area (Å²) in [5.74, 6) is 0.0647. The number of aromatic nitrogens is 1. The van der Waals surface area contributed by atoms with E-state index in [1.54, 1.807) is 29.5 Å². The molecule has 0 bridgehead atoms. The van der Waals surface area contributed by atoms with Gasteiger partial charge < -0.3 is 30.3 Å². The van der Waals surface area contributed by atoms with Crippen molar-refractivity contribution in [3.63, 3.8) is 0 Å². The minimum absolute atomic E-state index is 0.0896. The van der Waals surface area contributed by atoms with E-state index < -0.39 is 12.1 Å². The van der Waals surface area contributed by atoms with Crippen molar-refractivity contribution in [1.82, 2.24) is 30.7 Å². The molecule has 4 amide bonds. The summed E-state index contributed by atoms with van der Waals surface area (Å²) in [6.07, 6.45) is 5.69. The molecule has 14 heteroatoms. The number of amides is 4. The van der Waals surface area contributed by atoms with Gasteiger partial charge in [0.25, 0.3) is 0 Å². The summed E-state index contributed by atoms with van der Waals surface area (Å²) >= 11 is 3.03. The Hall–Kier alpha value is -4.24. The number of alkyl carbamates (subject to hydrolysis) is 1. The van der Waals surface area contributed by atoms with E-state index in [1.165, 1.54) is 11.8 Å². The molecule has 2 heterocycles. The fourth-order valence-electron chi connectivity index (χ4n) is 6.19. The molecule has 3 unspecified atom stereocenters. The van der Waals surface area contributed by atoms with Gasteiger partial charge >= 0.3 is 12.1 Å². The van der Waals surface area contributed by atoms with Crippen molar-refractivity contribution in [3.05, 3.63) is 99.0 Å². The molecular formula is C41H57N7O5S2. The van der Waals surface area contributed by atoms with Crippen LogP contribution in [0.25, 0.3) is 0 Å². The number of nitrogens with zero attached hydrogens (tertiary/aromatic N) is 4. The van der Waals surface area contributed by atoms with Gasteiger partial charge in [-0.05, 0) is 56.2 Å². The Bertz CT molecular complexity index is 1650. The van der Waals surface area contributed by atoms with Crippen LogP contribution in [-0.2, 0) is 33.7 Å². The molecule has 0 saturated carbocycles. The van der Waals surface area contributed by atoms with E-state index in [9.17, 15) is 14.4 Å². The van der Waals surface area contributed by atoms with Crippen molar-refractivity contribution in [2.24, 2.45) is 4.99 Å². The van der Waals surface area contributed by atoms with Crippen LogP contribution in [0, 0.1) is 0 Å². The fourth-order valence-corrected chi connectivity index (χ4v) is 7.37. The zero-order valence-corrected chi connectivity index (χ0v) is 34.2. The first-order valence-electron chi connectivity index (χ1n) is 18.9. The maximum Gasteiger partial charge on any atom is 0.407 e. The van der Waals surface area contributed by atoms with Gasteiger partial charge in [-0.3, -0.25) is 14.7 Å². The Kier molecular flexibility index (Phi) is 18.7. The van der Waals surface area contributed by atoms with E-state index in [-0.39, 0.29) is 30.6 Å². The first-order valence-corrected chi connectivity index (χ1v) is 21.0. The van der Waals surface area contributed by atoms with E-state index in [1.807, 2.05) is 72.3 Å². The number of thiazole rings is 1. The molecule has 4 rings (SSSR count). The van der Waals surface area contributed by atoms with Crippen LogP contribution in [0.4, 0.5) is 9.59 Å². The number of hydrogen-bond donors (Lipinski definition) is 3. The molecule has 298 valence electrons. The summed E-state index contributed by atoms with van der Waals surface area (Å²) in [6.45, 7) is 11.6. The highest BCUT2D eigenvalue weighted by Gasteiger charge is 2.27. The Morgan fingerprint density at radius 1 is 0.982 bits per heavy atom. The molecule has 3 atom stereocenters. The Labute approximate surface area is 334 Å². The third-order valence-corrected chi connectivity index (χ3v) is 11.2. The van der Waals surface area contributed by atoms with Crippen LogP contribution in [0.3, 0.4) is 0 Å². The SMILES string of the molecule is C=N/C=C(/COC(=O)NC(CCC(Cc1ccccc1)NC(=O)C(CCN1CCOCC1)NC(=O)N(C)Cc1csc(C(C)C)n1)Cc1ccccc1)SC. The molecule has 0 spiro atoms. The van der Waals surface area contributed by atoms with Crippen LogP contribution >= 0.6 is 23.1 Å². The Morgan fingerprint density at radius 2 is 1.60 bits per heavy atom. The quantitative estimate of drug-likeness (QED) is 0.108. The van der Waals surface area contributed by atoms with Gasteiger partial charge in [0, 0.05) is 61.2 Å². The topological polar surface area (TPSA) is 137 Å². The highest BCUT2D eigenvalue weighted by molar-refractivity contribution is 8.02. The van der Waals surface area contributed by atoms with E-state index in [0.29, 0.717) is 64.3 Å².